The van der Waals surface area contributed by atoms with Crippen LogP contribution in [-0.4, -0.2) is 9.78 Å². The Balaban J connectivity index is 2.56. The zero-order valence-corrected chi connectivity index (χ0v) is 10.8. The Morgan fingerprint density at radius 3 is 2.81 bits per heavy atom. The summed E-state index contributed by atoms with van der Waals surface area (Å²) in [6.45, 7) is 1.83. The number of aromatic nitrogens is 2. The maximum atomic E-state index is 13.1. The van der Waals surface area contributed by atoms with Crippen molar-refractivity contribution >= 4 is 22.6 Å². The molecule has 1 heterocycles. The molecule has 16 heavy (non-hydrogen) atoms. The van der Waals surface area contributed by atoms with Gasteiger partial charge in [0.1, 0.15) is 5.82 Å². The summed E-state index contributed by atoms with van der Waals surface area (Å²) in [7, 11) is 0. The molecule has 0 aliphatic carbocycles. The van der Waals surface area contributed by atoms with Gasteiger partial charge in [-0.05, 0) is 53.3 Å². The van der Waals surface area contributed by atoms with Crippen molar-refractivity contribution in [3.8, 4) is 5.69 Å². The van der Waals surface area contributed by atoms with Crippen LogP contribution >= 0.6 is 22.6 Å². The van der Waals surface area contributed by atoms with Gasteiger partial charge in [-0.15, -0.1) is 0 Å². The highest BCUT2D eigenvalue weighted by Gasteiger charge is 2.10. The Morgan fingerprint density at radius 1 is 1.50 bits per heavy atom. The lowest BCUT2D eigenvalue weighted by Gasteiger charge is -2.12. The number of hydrogen-bond donors (Lipinski definition) is 1. The number of benzene rings is 1. The standard InChI is InChI=1S/C11H11FIN3/c1-7(14)10-4-8(12)2-3-11(10)16-6-9(13)5-15-16/h2-7H,14H2,1H3. The lowest BCUT2D eigenvalue weighted by molar-refractivity contribution is 0.620. The third-order valence-corrected chi connectivity index (χ3v) is 2.84. The van der Waals surface area contributed by atoms with E-state index in [1.54, 1.807) is 16.9 Å². The first-order valence-corrected chi connectivity index (χ1v) is 5.91. The van der Waals surface area contributed by atoms with Crippen molar-refractivity contribution in [2.75, 3.05) is 0 Å². The van der Waals surface area contributed by atoms with Gasteiger partial charge in [-0.3, -0.25) is 0 Å². The van der Waals surface area contributed by atoms with Crippen molar-refractivity contribution in [1.29, 1.82) is 0 Å². The molecule has 0 aliphatic heterocycles. The third-order valence-electron chi connectivity index (χ3n) is 2.28. The van der Waals surface area contributed by atoms with Crippen molar-refractivity contribution in [3.63, 3.8) is 0 Å². The molecule has 0 spiro atoms. The number of halogens is 2. The second-order valence-electron chi connectivity index (χ2n) is 3.59. The summed E-state index contributed by atoms with van der Waals surface area (Å²) in [5.74, 6) is -0.280. The van der Waals surface area contributed by atoms with Crippen molar-refractivity contribution in [3.05, 3.63) is 45.5 Å². The van der Waals surface area contributed by atoms with Crippen LogP contribution < -0.4 is 5.73 Å². The van der Waals surface area contributed by atoms with Crippen LogP contribution in [0.3, 0.4) is 0 Å². The SMILES string of the molecule is CC(N)c1cc(F)ccc1-n1cc(I)cn1. The molecule has 0 aliphatic rings. The maximum Gasteiger partial charge on any atom is 0.123 e. The normalized spacial score (nSPS) is 12.8. The lowest BCUT2D eigenvalue weighted by atomic mass is 10.1. The fraction of sp³-hybridized carbons (Fsp3) is 0.182. The van der Waals surface area contributed by atoms with E-state index in [2.05, 4.69) is 27.7 Å². The predicted molar refractivity (Wildman–Crippen MR) is 68.8 cm³/mol. The minimum absolute atomic E-state index is 0.229. The van der Waals surface area contributed by atoms with Crippen molar-refractivity contribution in [1.82, 2.24) is 9.78 Å². The fourth-order valence-corrected chi connectivity index (χ4v) is 1.92. The molecular weight excluding hydrogens is 320 g/mol. The number of nitrogens with zero attached hydrogens (tertiary/aromatic N) is 2. The Kier molecular flexibility index (Phi) is 3.25. The zero-order chi connectivity index (χ0) is 11.7. The largest absolute Gasteiger partial charge is 0.324 e. The summed E-state index contributed by atoms with van der Waals surface area (Å²) < 4.78 is 15.9. The molecule has 0 radical (unpaired) electrons. The lowest BCUT2D eigenvalue weighted by Crippen LogP contribution is -2.10. The average molecular weight is 331 g/mol. The van der Waals surface area contributed by atoms with E-state index in [1.807, 2.05) is 13.1 Å². The van der Waals surface area contributed by atoms with Crippen LogP contribution in [0, 0.1) is 9.39 Å². The summed E-state index contributed by atoms with van der Waals surface area (Å²) >= 11 is 2.17. The van der Waals surface area contributed by atoms with E-state index in [0.29, 0.717) is 0 Å². The van der Waals surface area contributed by atoms with Gasteiger partial charge in [0.25, 0.3) is 0 Å². The van der Waals surface area contributed by atoms with Crippen LogP contribution in [0.2, 0.25) is 0 Å². The fourth-order valence-electron chi connectivity index (χ4n) is 1.53. The van der Waals surface area contributed by atoms with Crippen molar-refractivity contribution < 1.29 is 4.39 Å². The smallest absolute Gasteiger partial charge is 0.123 e. The van der Waals surface area contributed by atoms with E-state index in [9.17, 15) is 4.39 Å². The highest BCUT2D eigenvalue weighted by Crippen LogP contribution is 2.21. The third kappa shape index (κ3) is 2.25. The predicted octanol–water partition coefficient (Wildman–Crippen LogP) is 2.64. The van der Waals surface area contributed by atoms with Crippen LogP contribution in [0.25, 0.3) is 5.69 Å². The Morgan fingerprint density at radius 2 is 2.25 bits per heavy atom. The number of nitrogens with two attached hydrogens (primary N) is 1. The summed E-state index contributed by atoms with van der Waals surface area (Å²) in [5.41, 5.74) is 7.39. The van der Waals surface area contributed by atoms with Gasteiger partial charge in [0.2, 0.25) is 0 Å². The quantitative estimate of drug-likeness (QED) is 0.860. The summed E-state index contributed by atoms with van der Waals surface area (Å²) in [6, 6.07) is 4.33. The molecule has 1 aromatic heterocycles. The molecule has 2 rings (SSSR count). The first kappa shape index (κ1) is 11.5. The summed E-state index contributed by atoms with van der Waals surface area (Å²) in [6.07, 6.45) is 3.62. The molecule has 84 valence electrons. The minimum atomic E-state index is -0.280. The van der Waals surface area contributed by atoms with Gasteiger partial charge in [0, 0.05) is 12.2 Å². The second-order valence-corrected chi connectivity index (χ2v) is 4.84. The van der Waals surface area contributed by atoms with Crippen molar-refractivity contribution in [2.24, 2.45) is 5.73 Å². The zero-order valence-electron chi connectivity index (χ0n) is 8.69. The first-order valence-electron chi connectivity index (χ1n) is 4.83. The number of rotatable bonds is 2. The van der Waals surface area contributed by atoms with E-state index < -0.39 is 0 Å². The van der Waals surface area contributed by atoms with Gasteiger partial charge in [0.15, 0.2) is 0 Å². The maximum absolute atomic E-state index is 13.1. The highest BCUT2D eigenvalue weighted by molar-refractivity contribution is 14.1. The first-order chi connectivity index (χ1) is 7.58. The second kappa shape index (κ2) is 4.50. The Hall–Kier alpha value is -0.950. The topological polar surface area (TPSA) is 43.8 Å². The number of hydrogen-bond acceptors (Lipinski definition) is 2. The molecule has 2 aromatic rings. The molecular formula is C11H11FIN3. The van der Waals surface area contributed by atoms with E-state index in [0.717, 1.165) is 14.8 Å². The van der Waals surface area contributed by atoms with Crippen LogP contribution in [0.1, 0.15) is 18.5 Å². The average Bonchev–Trinajstić information content (AvgIpc) is 2.64. The van der Waals surface area contributed by atoms with Crippen LogP contribution in [0.4, 0.5) is 4.39 Å². The van der Waals surface area contributed by atoms with Gasteiger partial charge in [-0.25, -0.2) is 9.07 Å². The Labute approximate surface area is 107 Å². The Bertz CT molecular complexity index is 508. The monoisotopic (exact) mass is 331 g/mol. The molecule has 0 saturated heterocycles. The molecule has 0 fully saturated rings. The molecule has 1 atom stereocenters. The molecule has 1 unspecified atom stereocenters. The summed E-state index contributed by atoms with van der Waals surface area (Å²) in [4.78, 5) is 0. The minimum Gasteiger partial charge on any atom is -0.324 e. The molecule has 5 heteroatoms. The van der Waals surface area contributed by atoms with E-state index in [4.69, 9.17) is 5.73 Å². The molecule has 0 amide bonds. The molecule has 3 nitrogen and oxygen atoms in total. The molecule has 0 bridgehead atoms. The molecule has 0 saturated carbocycles. The van der Waals surface area contributed by atoms with Crippen LogP contribution in [0.15, 0.2) is 30.6 Å². The van der Waals surface area contributed by atoms with E-state index in [1.165, 1.54) is 12.1 Å². The van der Waals surface area contributed by atoms with Crippen molar-refractivity contribution in [2.45, 2.75) is 13.0 Å². The van der Waals surface area contributed by atoms with Crippen LogP contribution in [-0.2, 0) is 0 Å². The molecule has 2 N–H and O–H groups in total. The van der Waals surface area contributed by atoms with E-state index in [-0.39, 0.29) is 11.9 Å². The van der Waals surface area contributed by atoms with Gasteiger partial charge in [-0.2, -0.15) is 5.10 Å². The van der Waals surface area contributed by atoms with Gasteiger partial charge in [-0.1, -0.05) is 0 Å². The van der Waals surface area contributed by atoms with Gasteiger partial charge in [0.05, 0.1) is 15.5 Å². The van der Waals surface area contributed by atoms with Gasteiger partial charge >= 0.3 is 0 Å². The van der Waals surface area contributed by atoms with E-state index >= 15 is 0 Å². The highest BCUT2D eigenvalue weighted by atomic mass is 127. The van der Waals surface area contributed by atoms with Gasteiger partial charge < -0.3 is 5.73 Å². The summed E-state index contributed by atoms with van der Waals surface area (Å²) in [5, 5.41) is 4.19. The van der Waals surface area contributed by atoms with Crippen LogP contribution in [0.5, 0.6) is 0 Å². The molecule has 1 aromatic carbocycles.